The lowest BCUT2D eigenvalue weighted by molar-refractivity contribution is -0.120. The standard InChI is InChI=1S/C18H18N2O3/c21-17-13-19(11-12-20(17)16-9-5-2-6-10-16)18(22)23-14-15-7-3-1-4-8-15/h1-10H,11-14H2. The molecule has 0 N–H and O–H groups in total. The van der Waals surface area contributed by atoms with Gasteiger partial charge >= 0.3 is 6.09 Å². The van der Waals surface area contributed by atoms with Gasteiger partial charge in [0.15, 0.2) is 0 Å². The highest BCUT2D eigenvalue weighted by atomic mass is 16.6. The molecule has 1 aliphatic heterocycles. The molecule has 1 saturated heterocycles. The highest BCUT2D eigenvalue weighted by Crippen LogP contribution is 2.17. The van der Waals surface area contributed by atoms with Crippen LogP contribution in [0.2, 0.25) is 0 Å². The van der Waals surface area contributed by atoms with Crippen LogP contribution in [0.15, 0.2) is 60.7 Å². The Balaban J connectivity index is 1.55. The fraction of sp³-hybridized carbons (Fsp3) is 0.222. The van der Waals surface area contributed by atoms with E-state index in [-0.39, 0.29) is 19.1 Å². The molecule has 0 spiro atoms. The number of nitrogens with zero attached hydrogens (tertiary/aromatic N) is 2. The molecule has 118 valence electrons. The van der Waals surface area contributed by atoms with Crippen molar-refractivity contribution in [3.8, 4) is 0 Å². The van der Waals surface area contributed by atoms with Gasteiger partial charge in [0.2, 0.25) is 5.91 Å². The number of carbonyl (C=O) groups is 2. The molecule has 0 atom stereocenters. The van der Waals surface area contributed by atoms with Crippen LogP contribution in [-0.4, -0.2) is 36.5 Å². The van der Waals surface area contributed by atoms with E-state index in [1.807, 2.05) is 60.7 Å². The lowest BCUT2D eigenvalue weighted by Gasteiger charge is -2.33. The molecule has 23 heavy (non-hydrogen) atoms. The molecule has 3 rings (SSSR count). The normalized spacial score (nSPS) is 14.7. The predicted molar refractivity (Wildman–Crippen MR) is 87.0 cm³/mol. The third kappa shape index (κ3) is 3.69. The molecule has 2 aromatic rings. The summed E-state index contributed by atoms with van der Waals surface area (Å²) in [4.78, 5) is 27.5. The summed E-state index contributed by atoms with van der Waals surface area (Å²) in [7, 11) is 0. The fourth-order valence-electron chi connectivity index (χ4n) is 2.52. The molecular formula is C18H18N2O3. The first kappa shape index (κ1) is 15.1. The summed E-state index contributed by atoms with van der Waals surface area (Å²) in [5.41, 5.74) is 1.78. The Hall–Kier alpha value is -2.82. The highest BCUT2D eigenvalue weighted by molar-refractivity contribution is 5.97. The van der Waals surface area contributed by atoms with Crippen molar-refractivity contribution in [2.75, 3.05) is 24.5 Å². The van der Waals surface area contributed by atoms with Crippen LogP contribution in [0.3, 0.4) is 0 Å². The summed E-state index contributed by atoms with van der Waals surface area (Å²) in [6, 6.07) is 19.0. The number of rotatable bonds is 3. The molecule has 2 aromatic carbocycles. The van der Waals surface area contributed by atoms with Crippen molar-refractivity contribution in [1.29, 1.82) is 0 Å². The quantitative estimate of drug-likeness (QED) is 0.876. The van der Waals surface area contributed by atoms with Gasteiger partial charge in [-0.3, -0.25) is 9.69 Å². The number of hydrogen-bond donors (Lipinski definition) is 0. The van der Waals surface area contributed by atoms with Crippen molar-refractivity contribution in [2.24, 2.45) is 0 Å². The second-order valence-corrected chi connectivity index (χ2v) is 5.34. The maximum Gasteiger partial charge on any atom is 0.410 e. The van der Waals surface area contributed by atoms with E-state index >= 15 is 0 Å². The Bertz CT molecular complexity index is 673. The molecule has 5 nitrogen and oxygen atoms in total. The molecule has 1 fully saturated rings. The third-order valence-corrected chi connectivity index (χ3v) is 3.75. The number of ether oxygens (including phenoxy) is 1. The van der Waals surface area contributed by atoms with Gasteiger partial charge < -0.3 is 9.64 Å². The van der Waals surface area contributed by atoms with Crippen LogP contribution in [0.5, 0.6) is 0 Å². The minimum Gasteiger partial charge on any atom is -0.445 e. The first-order valence-corrected chi connectivity index (χ1v) is 7.55. The van der Waals surface area contributed by atoms with Crippen LogP contribution >= 0.6 is 0 Å². The van der Waals surface area contributed by atoms with Crippen molar-refractivity contribution in [3.63, 3.8) is 0 Å². The molecule has 0 aromatic heterocycles. The lowest BCUT2D eigenvalue weighted by atomic mass is 10.2. The minimum atomic E-state index is -0.449. The van der Waals surface area contributed by atoms with Gasteiger partial charge in [0.1, 0.15) is 13.2 Å². The van der Waals surface area contributed by atoms with Gasteiger partial charge in [-0.15, -0.1) is 0 Å². The number of carbonyl (C=O) groups excluding carboxylic acids is 2. The summed E-state index contributed by atoms with van der Waals surface area (Å²) in [5, 5.41) is 0. The van der Waals surface area contributed by atoms with Crippen LogP contribution in [0, 0.1) is 0 Å². The van der Waals surface area contributed by atoms with E-state index in [4.69, 9.17) is 4.74 Å². The van der Waals surface area contributed by atoms with Crippen molar-refractivity contribution in [3.05, 3.63) is 66.2 Å². The van der Waals surface area contributed by atoms with E-state index in [9.17, 15) is 9.59 Å². The van der Waals surface area contributed by atoms with E-state index in [0.717, 1.165) is 11.3 Å². The second-order valence-electron chi connectivity index (χ2n) is 5.34. The zero-order chi connectivity index (χ0) is 16.1. The zero-order valence-corrected chi connectivity index (χ0v) is 12.7. The molecule has 5 heteroatoms. The fourth-order valence-corrected chi connectivity index (χ4v) is 2.52. The maximum atomic E-state index is 12.3. The summed E-state index contributed by atoms with van der Waals surface area (Å²) < 4.78 is 5.27. The van der Waals surface area contributed by atoms with Gasteiger partial charge in [0.05, 0.1) is 0 Å². The summed E-state index contributed by atoms with van der Waals surface area (Å²) in [6.45, 7) is 1.20. The predicted octanol–water partition coefficient (Wildman–Crippen LogP) is 2.67. The Morgan fingerprint density at radius 2 is 1.61 bits per heavy atom. The number of para-hydroxylation sites is 1. The Morgan fingerprint density at radius 1 is 0.957 bits per heavy atom. The number of piperazine rings is 1. The van der Waals surface area contributed by atoms with Crippen LogP contribution in [0.1, 0.15) is 5.56 Å². The van der Waals surface area contributed by atoms with E-state index in [2.05, 4.69) is 0 Å². The van der Waals surface area contributed by atoms with Gasteiger partial charge in [-0.05, 0) is 17.7 Å². The second kappa shape index (κ2) is 6.96. The molecule has 0 aliphatic carbocycles. The Labute approximate surface area is 135 Å². The summed E-state index contributed by atoms with van der Waals surface area (Å²) in [6.07, 6.45) is -0.449. The third-order valence-electron chi connectivity index (χ3n) is 3.75. The molecule has 1 heterocycles. The van der Waals surface area contributed by atoms with Gasteiger partial charge in [0.25, 0.3) is 0 Å². The number of anilines is 1. The van der Waals surface area contributed by atoms with E-state index in [1.54, 1.807) is 4.90 Å². The van der Waals surface area contributed by atoms with Crippen LogP contribution < -0.4 is 4.90 Å². The highest BCUT2D eigenvalue weighted by Gasteiger charge is 2.28. The number of hydrogen-bond acceptors (Lipinski definition) is 3. The molecule has 0 saturated carbocycles. The van der Waals surface area contributed by atoms with Crippen LogP contribution in [-0.2, 0) is 16.1 Å². The summed E-state index contributed by atoms with van der Waals surface area (Å²) >= 11 is 0. The van der Waals surface area contributed by atoms with E-state index in [1.165, 1.54) is 4.90 Å². The average Bonchev–Trinajstić information content (AvgIpc) is 2.61. The molecule has 1 aliphatic rings. The van der Waals surface area contributed by atoms with Crippen molar-refractivity contribution in [1.82, 2.24) is 4.90 Å². The number of amides is 2. The molecular weight excluding hydrogens is 292 g/mol. The van der Waals surface area contributed by atoms with Crippen molar-refractivity contribution < 1.29 is 14.3 Å². The van der Waals surface area contributed by atoms with E-state index in [0.29, 0.717) is 13.1 Å². The van der Waals surface area contributed by atoms with Gasteiger partial charge in [-0.25, -0.2) is 4.79 Å². The van der Waals surface area contributed by atoms with Crippen molar-refractivity contribution >= 4 is 17.7 Å². The summed E-state index contributed by atoms with van der Waals surface area (Å²) in [5.74, 6) is -0.0980. The zero-order valence-electron chi connectivity index (χ0n) is 12.7. The molecule has 0 unspecified atom stereocenters. The smallest absolute Gasteiger partial charge is 0.410 e. The van der Waals surface area contributed by atoms with Crippen molar-refractivity contribution in [2.45, 2.75) is 6.61 Å². The Morgan fingerprint density at radius 3 is 2.26 bits per heavy atom. The SMILES string of the molecule is O=C(OCc1ccccc1)N1CCN(c2ccccc2)C(=O)C1. The largest absolute Gasteiger partial charge is 0.445 e. The maximum absolute atomic E-state index is 12.3. The van der Waals surface area contributed by atoms with E-state index < -0.39 is 6.09 Å². The minimum absolute atomic E-state index is 0.0442. The monoisotopic (exact) mass is 310 g/mol. The molecule has 0 bridgehead atoms. The lowest BCUT2D eigenvalue weighted by Crippen LogP contribution is -2.52. The topological polar surface area (TPSA) is 49.9 Å². The van der Waals surface area contributed by atoms with Crippen LogP contribution in [0.25, 0.3) is 0 Å². The molecule has 2 amide bonds. The first-order valence-electron chi connectivity index (χ1n) is 7.55. The average molecular weight is 310 g/mol. The molecule has 0 radical (unpaired) electrons. The first-order chi connectivity index (χ1) is 11.2. The van der Waals surface area contributed by atoms with Gasteiger partial charge in [-0.2, -0.15) is 0 Å². The van der Waals surface area contributed by atoms with Crippen LogP contribution in [0.4, 0.5) is 10.5 Å². The van der Waals surface area contributed by atoms with Gasteiger partial charge in [0, 0.05) is 18.8 Å². The number of benzene rings is 2. The Kier molecular flexibility index (Phi) is 4.57. The van der Waals surface area contributed by atoms with Gasteiger partial charge in [-0.1, -0.05) is 48.5 Å².